The topological polar surface area (TPSA) is 59.4 Å². The molecule has 0 aliphatic carbocycles. The molecule has 1 aliphatic heterocycles. The minimum Gasteiger partial charge on any atom is -0.369 e. The van der Waals surface area contributed by atoms with Gasteiger partial charge in [-0.1, -0.05) is 11.6 Å². The van der Waals surface area contributed by atoms with Crippen molar-refractivity contribution in [1.82, 2.24) is 9.55 Å². The maximum absolute atomic E-state index is 6.04. The summed E-state index contributed by atoms with van der Waals surface area (Å²) >= 11 is 9.48. The summed E-state index contributed by atoms with van der Waals surface area (Å²) in [5.41, 5.74) is 8.06. The van der Waals surface area contributed by atoms with Gasteiger partial charge >= 0.3 is 0 Å². The minimum atomic E-state index is 0.0515. The summed E-state index contributed by atoms with van der Waals surface area (Å²) in [6.45, 7) is 0.617. The summed E-state index contributed by atoms with van der Waals surface area (Å²) in [7, 11) is 1.97. The molecule has 0 saturated carbocycles. The van der Waals surface area contributed by atoms with Crippen LogP contribution < -0.4 is 10.6 Å². The number of aryl methyl sites for hydroxylation is 1. The molecule has 0 spiro atoms. The molecule has 2 aromatic rings. The number of nitrogens with zero attached hydrogens (tertiary/aromatic N) is 4. The normalized spacial score (nSPS) is 18.4. The standard InChI is InChI=1S/C13H13BrClN5/c1-19-7-17-5-11(19)12-6-18-13(16)20(12)8-2-3-10(15)9(14)4-8/h2-5,7,12H,6H2,1H3,(H2,16,18). The zero-order chi connectivity index (χ0) is 14.3. The first-order valence-electron chi connectivity index (χ1n) is 6.08. The van der Waals surface area contributed by atoms with Gasteiger partial charge < -0.3 is 15.2 Å². The van der Waals surface area contributed by atoms with E-state index in [2.05, 4.69) is 25.9 Å². The van der Waals surface area contributed by atoms with Crippen molar-refractivity contribution >= 4 is 39.2 Å². The highest BCUT2D eigenvalue weighted by Gasteiger charge is 2.30. The Balaban J connectivity index is 2.02. The Labute approximate surface area is 130 Å². The number of imidazole rings is 1. The SMILES string of the molecule is Cn1cncc1C1CN=C(N)N1c1ccc(Cl)c(Br)c1. The van der Waals surface area contributed by atoms with Crippen molar-refractivity contribution in [3.8, 4) is 0 Å². The van der Waals surface area contributed by atoms with Gasteiger partial charge in [0, 0.05) is 17.2 Å². The Morgan fingerprint density at radius 2 is 2.25 bits per heavy atom. The number of aromatic nitrogens is 2. The van der Waals surface area contributed by atoms with E-state index in [1.165, 1.54) is 0 Å². The molecule has 1 aromatic carbocycles. The van der Waals surface area contributed by atoms with Crippen LogP contribution >= 0.6 is 27.5 Å². The molecule has 0 fully saturated rings. The summed E-state index contributed by atoms with van der Waals surface area (Å²) in [4.78, 5) is 10.5. The summed E-state index contributed by atoms with van der Waals surface area (Å²) in [6.07, 6.45) is 3.62. The van der Waals surface area contributed by atoms with Crippen LogP contribution in [-0.2, 0) is 7.05 Å². The third-order valence-electron chi connectivity index (χ3n) is 3.36. The van der Waals surface area contributed by atoms with Crippen molar-refractivity contribution in [2.75, 3.05) is 11.4 Å². The van der Waals surface area contributed by atoms with Gasteiger partial charge in [0.25, 0.3) is 0 Å². The number of benzene rings is 1. The van der Waals surface area contributed by atoms with E-state index in [4.69, 9.17) is 17.3 Å². The van der Waals surface area contributed by atoms with Crippen LogP contribution in [0.5, 0.6) is 0 Å². The predicted octanol–water partition coefficient (Wildman–Crippen LogP) is 2.71. The van der Waals surface area contributed by atoms with Crippen molar-refractivity contribution in [3.63, 3.8) is 0 Å². The molecule has 104 valence electrons. The highest BCUT2D eigenvalue weighted by Crippen LogP contribution is 2.34. The van der Waals surface area contributed by atoms with Crippen LogP contribution in [0.4, 0.5) is 5.69 Å². The lowest BCUT2D eigenvalue weighted by atomic mass is 10.1. The molecular weight excluding hydrogens is 342 g/mol. The molecule has 0 amide bonds. The van der Waals surface area contributed by atoms with Crippen LogP contribution in [0.25, 0.3) is 0 Å². The van der Waals surface area contributed by atoms with Crippen molar-refractivity contribution in [3.05, 3.63) is 45.9 Å². The molecule has 1 aromatic heterocycles. The second kappa shape index (κ2) is 5.10. The quantitative estimate of drug-likeness (QED) is 0.902. The van der Waals surface area contributed by atoms with Gasteiger partial charge in [-0.25, -0.2) is 4.98 Å². The highest BCUT2D eigenvalue weighted by molar-refractivity contribution is 9.10. The Kier molecular flexibility index (Phi) is 3.43. The van der Waals surface area contributed by atoms with E-state index >= 15 is 0 Å². The third-order valence-corrected chi connectivity index (χ3v) is 4.58. The lowest BCUT2D eigenvalue weighted by molar-refractivity contribution is 0.689. The number of guanidine groups is 1. The average Bonchev–Trinajstić information content (AvgIpc) is 2.99. The molecule has 0 bridgehead atoms. The first-order valence-corrected chi connectivity index (χ1v) is 7.25. The van der Waals surface area contributed by atoms with Crippen molar-refractivity contribution in [1.29, 1.82) is 0 Å². The largest absolute Gasteiger partial charge is 0.369 e. The van der Waals surface area contributed by atoms with Crippen LogP contribution in [0, 0.1) is 0 Å². The van der Waals surface area contributed by atoms with Crippen LogP contribution in [0.3, 0.4) is 0 Å². The number of nitrogens with two attached hydrogens (primary N) is 1. The molecule has 1 unspecified atom stereocenters. The van der Waals surface area contributed by atoms with Crippen molar-refractivity contribution in [2.24, 2.45) is 17.8 Å². The van der Waals surface area contributed by atoms with Crippen LogP contribution in [0.1, 0.15) is 11.7 Å². The number of hydrogen-bond acceptors (Lipinski definition) is 4. The summed E-state index contributed by atoms with van der Waals surface area (Å²) in [6, 6.07) is 5.77. The Morgan fingerprint density at radius 1 is 1.45 bits per heavy atom. The number of anilines is 1. The summed E-state index contributed by atoms with van der Waals surface area (Å²) < 4.78 is 2.82. The van der Waals surface area contributed by atoms with E-state index in [-0.39, 0.29) is 6.04 Å². The maximum Gasteiger partial charge on any atom is 0.196 e. The molecule has 0 radical (unpaired) electrons. The molecule has 1 atom stereocenters. The Morgan fingerprint density at radius 3 is 2.90 bits per heavy atom. The molecular formula is C13H13BrClN5. The lowest BCUT2D eigenvalue weighted by Crippen LogP contribution is -2.36. The second-order valence-corrected chi connectivity index (χ2v) is 5.87. The van der Waals surface area contributed by atoms with E-state index in [9.17, 15) is 0 Å². The van der Waals surface area contributed by atoms with E-state index in [0.717, 1.165) is 15.9 Å². The Bertz CT molecular complexity index is 681. The molecule has 5 nitrogen and oxygen atoms in total. The third kappa shape index (κ3) is 2.19. The van der Waals surface area contributed by atoms with Crippen LogP contribution in [0.2, 0.25) is 5.02 Å². The smallest absolute Gasteiger partial charge is 0.196 e. The van der Waals surface area contributed by atoms with Gasteiger partial charge in [-0.15, -0.1) is 0 Å². The molecule has 0 saturated heterocycles. The molecule has 7 heteroatoms. The van der Waals surface area contributed by atoms with Gasteiger partial charge in [0.1, 0.15) is 0 Å². The molecule has 20 heavy (non-hydrogen) atoms. The van der Waals surface area contributed by atoms with Crippen molar-refractivity contribution < 1.29 is 0 Å². The summed E-state index contributed by atoms with van der Waals surface area (Å²) in [5, 5.41) is 0.667. The second-order valence-electron chi connectivity index (χ2n) is 4.61. The van der Waals surface area contributed by atoms with Gasteiger partial charge in [-0.2, -0.15) is 0 Å². The lowest BCUT2D eigenvalue weighted by Gasteiger charge is -2.26. The van der Waals surface area contributed by atoms with Crippen LogP contribution in [-0.4, -0.2) is 22.1 Å². The maximum atomic E-state index is 6.04. The fraction of sp³-hybridized carbons (Fsp3) is 0.231. The molecule has 2 N–H and O–H groups in total. The molecule has 2 heterocycles. The number of rotatable bonds is 2. The van der Waals surface area contributed by atoms with Gasteiger partial charge in [-0.3, -0.25) is 4.99 Å². The van der Waals surface area contributed by atoms with E-state index in [1.807, 2.05) is 40.9 Å². The highest BCUT2D eigenvalue weighted by atomic mass is 79.9. The number of aliphatic imine (C=N–C) groups is 1. The fourth-order valence-electron chi connectivity index (χ4n) is 2.36. The van der Waals surface area contributed by atoms with Gasteiger partial charge in [0.05, 0.1) is 35.8 Å². The fourth-order valence-corrected chi connectivity index (χ4v) is 2.84. The summed E-state index contributed by atoms with van der Waals surface area (Å²) in [5.74, 6) is 0.505. The van der Waals surface area contributed by atoms with E-state index in [1.54, 1.807) is 6.33 Å². The van der Waals surface area contributed by atoms with E-state index < -0.39 is 0 Å². The van der Waals surface area contributed by atoms with Crippen LogP contribution in [0.15, 0.2) is 40.2 Å². The molecule has 3 rings (SSSR count). The zero-order valence-corrected chi connectivity index (χ0v) is 13.1. The first kappa shape index (κ1) is 13.5. The van der Waals surface area contributed by atoms with Gasteiger partial charge in [0.2, 0.25) is 0 Å². The first-order chi connectivity index (χ1) is 9.58. The number of hydrogen-bond donors (Lipinski definition) is 1. The number of halogens is 2. The van der Waals surface area contributed by atoms with Crippen molar-refractivity contribution in [2.45, 2.75) is 6.04 Å². The predicted molar refractivity (Wildman–Crippen MR) is 84.1 cm³/mol. The van der Waals surface area contributed by atoms with Gasteiger partial charge in [-0.05, 0) is 34.1 Å². The van der Waals surface area contributed by atoms with E-state index in [0.29, 0.717) is 17.5 Å². The van der Waals surface area contributed by atoms with Gasteiger partial charge in [0.15, 0.2) is 5.96 Å². The molecule has 1 aliphatic rings. The average molecular weight is 355 g/mol. The monoisotopic (exact) mass is 353 g/mol. The Hall–Kier alpha value is -1.53. The minimum absolute atomic E-state index is 0.0515. The zero-order valence-electron chi connectivity index (χ0n) is 10.8.